The molecule has 4 heterocycles. The second kappa shape index (κ2) is 14.7. The van der Waals surface area contributed by atoms with Gasteiger partial charge >= 0.3 is 0 Å². The highest BCUT2D eigenvalue weighted by molar-refractivity contribution is 5.95. The number of benzene rings is 7. The van der Waals surface area contributed by atoms with E-state index in [2.05, 4.69) is 163 Å². The van der Waals surface area contributed by atoms with Crippen LogP contribution in [-0.2, 0) is 6.42 Å². The van der Waals surface area contributed by atoms with E-state index >= 15 is 0 Å². The number of aryl methyl sites for hydroxylation is 1. The van der Waals surface area contributed by atoms with Crippen LogP contribution in [0.5, 0.6) is 0 Å². The molecule has 0 atom stereocenters. The second-order valence-electron chi connectivity index (χ2n) is 15.5. The van der Waals surface area contributed by atoms with E-state index in [0.29, 0.717) is 23.2 Å². The van der Waals surface area contributed by atoms with Gasteiger partial charge in [0, 0.05) is 57.6 Å². The Morgan fingerprint density at radius 1 is 0.419 bits per heavy atom. The van der Waals surface area contributed by atoms with Gasteiger partial charge in [-0.2, -0.15) is 0 Å². The van der Waals surface area contributed by atoms with E-state index in [1.54, 1.807) is 12.4 Å². The van der Waals surface area contributed by atoms with Crippen molar-refractivity contribution in [3.05, 3.63) is 199 Å². The van der Waals surface area contributed by atoms with Gasteiger partial charge in [-0.25, -0.2) is 19.9 Å². The van der Waals surface area contributed by atoms with Crippen LogP contribution < -0.4 is 9.80 Å². The molecule has 1 aliphatic carbocycles. The molecule has 0 bridgehead atoms. The van der Waals surface area contributed by atoms with Crippen LogP contribution in [0.1, 0.15) is 17.5 Å². The molecule has 0 spiro atoms. The number of anilines is 6. The molecular formula is C54H36N6O2. The number of rotatable bonds is 8. The molecule has 0 saturated carbocycles. The van der Waals surface area contributed by atoms with Gasteiger partial charge in [-0.05, 0) is 167 Å². The highest BCUT2D eigenvalue weighted by Crippen LogP contribution is 2.42. The topological polar surface area (TPSA) is 84.3 Å². The van der Waals surface area contributed by atoms with Crippen molar-refractivity contribution < 1.29 is 8.83 Å². The van der Waals surface area contributed by atoms with Crippen LogP contribution in [0.4, 0.5) is 34.1 Å². The third-order valence-electron chi connectivity index (χ3n) is 11.7. The van der Waals surface area contributed by atoms with Crippen molar-refractivity contribution in [2.24, 2.45) is 0 Å². The van der Waals surface area contributed by atoms with Crippen LogP contribution in [0.3, 0.4) is 0 Å². The molecule has 62 heavy (non-hydrogen) atoms. The number of hydrogen-bond acceptors (Lipinski definition) is 8. The normalized spacial score (nSPS) is 12.3. The SMILES string of the molecule is C1=Cc2ccc(N(c3ccc4ccccc4c3)c3ccc4cc(N(c5ccc(-c6nc7cccnc7o6)cc5)c5ccc(-c6nc7cccnc7o6)cc5)ccc4c3)cc2CC1. The maximum absolute atomic E-state index is 6.01. The fourth-order valence-electron chi connectivity index (χ4n) is 8.56. The first-order valence-corrected chi connectivity index (χ1v) is 20.7. The molecule has 11 aromatic rings. The standard InChI is InChI=1S/C54H36N6O2/c1-3-9-39-31-46(25-13-35(39)7-1)60(47-26-14-36-8-2-4-10-40(36)32-47)48-28-20-41-33-45(27-19-42(41)34-48)59(43-21-15-37(16-22-43)51-57-49-11-5-29-55-53(49)61-51)44-23-17-38(18-24-44)52-58-50-12-6-30-56-54(50)62-52/h1-3,5-9,11-34H,4,10H2. The summed E-state index contributed by atoms with van der Waals surface area (Å²) in [7, 11) is 0. The molecule has 0 unspecified atom stereocenters. The molecule has 0 saturated heterocycles. The van der Waals surface area contributed by atoms with Gasteiger partial charge < -0.3 is 18.6 Å². The molecule has 0 radical (unpaired) electrons. The number of nitrogens with zero attached hydrogens (tertiary/aromatic N) is 6. The summed E-state index contributed by atoms with van der Waals surface area (Å²) in [5.41, 5.74) is 13.2. The molecule has 7 aromatic carbocycles. The smallest absolute Gasteiger partial charge is 0.247 e. The fraction of sp³-hybridized carbons (Fsp3) is 0.0370. The molecule has 0 aliphatic heterocycles. The highest BCUT2D eigenvalue weighted by atomic mass is 16.4. The van der Waals surface area contributed by atoms with Gasteiger partial charge in [0.25, 0.3) is 0 Å². The maximum atomic E-state index is 6.01. The lowest BCUT2D eigenvalue weighted by Crippen LogP contribution is -2.11. The first-order valence-electron chi connectivity index (χ1n) is 20.7. The molecule has 1 aliphatic rings. The minimum Gasteiger partial charge on any atom is -0.418 e. The van der Waals surface area contributed by atoms with Crippen LogP contribution in [0.2, 0.25) is 0 Å². The molecule has 8 nitrogen and oxygen atoms in total. The first kappa shape index (κ1) is 35.6. The number of pyridine rings is 2. The zero-order valence-corrected chi connectivity index (χ0v) is 33.4. The number of fused-ring (bicyclic) bond motifs is 5. The zero-order chi connectivity index (χ0) is 41.0. The molecule has 0 N–H and O–H groups in total. The summed E-state index contributed by atoms with van der Waals surface area (Å²) in [4.78, 5) is 22.7. The summed E-state index contributed by atoms with van der Waals surface area (Å²) in [5, 5.41) is 4.69. The third-order valence-corrected chi connectivity index (χ3v) is 11.7. The first-order chi connectivity index (χ1) is 30.7. The molecule has 294 valence electrons. The number of hydrogen-bond donors (Lipinski definition) is 0. The van der Waals surface area contributed by atoms with Crippen molar-refractivity contribution in [1.82, 2.24) is 19.9 Å². The Morgan fingerprint density at radius 2 is 0.887 bits per heavy atom. The Labute approximate surface area is 356 Å². The highest BCUT2D eigenvalue weighted by Gasteiger charge is 2.19. The monoisotopic (exact) mass is 800 g/mol. The lowest BCUT2D eigenvalue weighted by Gasteiger charge is -2.28. The van der Waals surface area contributed by atoms with Gasteiger partial charge in [-0.3, -0.25) is 0 Å². The van der Waals surface area contributed by atoms with Crippen LogP contribution in [0.15, 0.2) is 197 Å². The summed E-state index contributed by atoms with van der Waals surface area (Å²) < 4.78 is 12.0. The Bertz CT molecular complexity index is 3310. The van der Waals surface area contributed by atoms with E-state index in [9.17, 15) is 0 Å². The van der Waals surface area contributed by atoms with Crippen molar-refractivity contribution in [3.63, 3.8) is 0 Å². The lowest BCUT2D eigenvalue weighted by molar-refractivity contribution is 0.607. The van der Waals surface area contributed by atoms with E-state index in [0.717, 1.165) is 79.9 Å². The van der Waals surface area contributed by atoms with E-state index in [-0.39, 0.29) is 0 Å². The molecular weight excluding hydrogens is 765 g/mol. The van der Waals surface area contributed by atoms with Crippen molar-refractivity contribution >= 4 is 84.2 Å². The van der Waals surface area contributed by atoms with Crippen LogP contribution in [0, 0.1) is 0 Å². The van der Waals surface area contributed by atoms with Crippen molar-refractivity contribution in [3.8, 4) is 22.9 Å². The molecule has 12 rings (SSSR count). The van der Waals surface area contributed by atoms with E-state index < -0.39 is 0 Å². The lowest BCUT2D eigenvalue weighted by atomic mass is 9.96. The predicted molar refractivity (Wildman–Crippen MR) is 250 cm³/mol. The van der Waals surface area contributed by atoms with Gasteiger partial charge in [0.1, 0.15) is 11.0 Å². The van der Waals surface area contributed by atoms with E-state index in [1.807, 2.05) is 48.5 Å². The Kier molecular flexibility index (Phi) is 8.45. The van der Waals surface area contributed by atoms with Crippen LogP contribution >= 0.6 is 0 Å². The average molecular weight is 801 g/mol. The Balaban J connectivity index is 0.941. The van der Waals surface area contributed by atoms with Gasteiger partial charge in [-0.1, -0.05) is 60.7 Å². The van der Waals surface area contributed by atoms with Gasteiger partial charge in [0.05, 0.1) is 0 Å². The summed E-state index contributed by atoms with van der Waals surface area (Å²) in [6.07, 6.45) is 10.0. The summed E-state index contributed by atoms with van der Waals surface area (Å²) >= 11 is 0. The summed E-state index contributed by atoms with van der Waals surface area (Å²) in [5.74, 6) is 1.06. The van der Waals surface area contributed by atoms with Gasteiger partial charge in [0.2, 0.25) is 23.2 Å². The number of oxazole rings is 2. The van der Waals surface area contributed by atoms with Crippen molar-refractivity contribution in [2.45, 2.75) is 12.8 Å². The van der Waals surface area contributed by atoms with Crippen molar-refractivity contribution in [1.29, 1.82) is 0 Å². The predicted octanol–water partition coefficient (Wildman–Crippen LogP) is 14.3. The summed E-state index contributed by atoms with van der Waals surface area (Å²) in [6.45, 7) is 0. The Hall–Kier alpha value is -8.36. The van der Waals surface area contributed by atoms with Gasteiger partial charge in [0.15, 0.2) is 0 Å². The largest absolute Gasteiger partial charge is 0.418 e. The van der Waals surface area contributed by atoms with Crippen molar-refractivity contribution in [2.75, 3.05) is 9.80 Å². The average Bonchev–Trinajstić information content (AvgIpc) is 3.98. The minimum absolute atomic E-state index is 0.517. The van der Waals surface area contributed by atoms with Crippen LogP contribution in [-0.4, -0.2) is 19.9 Å². The zero-order valence-electron chi connectivity index (χ0n) is 33.4. The van der Waals surface area contributed by atoms with Crippen LogP contribution in [0.25, 0.3) is 73.0 Å². The molecule has 0 fully saturated rings. The van der Waals surface area contributed by atoms with E-state index in [1.165, 1.54) is 21.9 Å². The summed E-state index contributed by atoms with van der Waals surface area (Å²) in [6, 6.07) is 59.7. The maximum Gasteiger partial charge on any atom is 0.247 e. The fourth-order valence-corrected chi connectivity index (χ4v) is 8.56. The number of allylic oxidation sites excluding steroid dienone is 1. The van der Waals surface area contributed by atoms with Gasteiger partial charge in [-0.15, -0.1) is 0 Å². The third kappa shape index (κ3) is 6.42. The minimum atomic E-state index is 0.517. The number of aromatic nitrogens is 4. The second-order valence-corrected chi connectivity index (χ2v) is 15.5. The molecule has 0 amide bonds. The quantitative estimate of drug-likeness (QED) is 0.150. The Morgan fingerprint density at radius 3 is 1.45 bits per heavy atom. The molecule has 4 aromatic heterocycles. The van der Waals surface area contributed by atoms with E-state index in [4.69, 9.17) is 8.83 Å². The molecule has 8 heteroatoms.